The van der Waals surface area contributed by atoms with Gasteiger partial charge in [0.25, 0.3) is 0 Å². The van der Waals surface area contributed by atoms with Gasteiger partial charge in [-0.25, -0.2) is 4.98 Å². The van der Waals surface area contributed by atoms with Crippen molar-refractivity contribution >= 4 is 22.2 Å². The molecule has 1 aliphatic heterocycles. The average molecular weight is 350 g/mol. The molecule has 6 nitrogen and oxygen atoms in total. The number of carbonyl (C=O) groups excluding carboxylic acids is 1. The van der Waals surface area contributed by atoms with Gasteiger partial charge in [0.1, 0.15) is 0 Å². The van der Waals surface area contributed by atoms with Crippen molar-refractivity contribution in [1.29, 1.82) is 0 Å². The number of nitrogens with one attached hydrogen (secondary N) is 1. The van der Waals surface area contributed by atoms with Gasteiger partial charge in [0.15, 0.2) is 4.96 Å². The highest BCUT2D eigenvalue weighted by atomic mass is 32.1. The molecule has 0 bridgehead atoms. The predicted octanol–water partition coefficient (Wildman–Crippen LogP) is 2.15. The Labute approximate surface area is 146 Å². The molecule has 3 unspecified atom stereocenters. The van der Waals surface area contributed by atoms with Gasteiger partial charge in [0, 0.05) is 30.9 Å². The number of rotatable bonds is 5. The second-order valence-corrected chi connectivity index (χ2v) is 7.82. The van der Waals surface area contributed by atoms with Crippen molar-refractivity contribution in [1.82, 2.24) is 19.6 Å². The van der Waals surface area contributed by atoms with Crippen LogP contribution in [0.15, 0.2) is 17.8 Å². The number of amides is 1. The lowest BCUT2D eigenvalue weighted by molar-refractivity contribution is -0.135. The molecule has 1 aliphatic rings. The second-order valence-electron chi connectivity index (χ2n) is 6.94. The molecule has 0 aliphatic carbocycles. The number of morpholine rings is 1. The largest absolute Gasteiger partial charge is 0.373 e. The lowest BCUT2D eigenvalue weighted by atomic mass is 9.99. The van der Waals surface area contributed by atoms with Crippen molar-refractivity contribution < 1.29 is 9.53 Å². The fourth-order valence-corrected chi connectivity index (χ4v) is 4.20. The Balaban J connectivity index is 1.64. The Bertz CT molecular complexity index is 657. The summed E-state index contributed by atoms with van der Waals surface area (Å²) in [5, 5.41) is 5.07. The minimum atomic E-state index is -0.137. The van der Waals surface area contributed by atoms with Gasteiger partial charge in [0.2, 0.25) is 5.91 Å². The highest BCUT2D eigenvalue weighted by molar-refractivity contribution is 7.15. The number of thiazole rings is 1. The van der Waals surface area contributed by atoms with Crippen LogP contribution in [0.3, 0.4) is 0 Å². The molecule has 1 amide bonds. The molecule has 1 N–H and O–H groups in total. The predicted molar refractivity (Wildman–Crippen MR) is 95.1 cm³/mol. The minimum Gasteiger partial charge on any atom is -0.373 e. The lowest BCUT2D eigenvalue weighted by Gasteiger charge is -2.41. The van der Waals surface area contributed by atoms with Crippen LogP contribution < -0.4 is 5.32 Å². The summed E-state index contributed by atoms with van der Waals surface area (Å²) in [6.45, 7) is 10.4. The van der Waals surface area contributed by atoms with Gasteiger partial charge in [0.05, 0.1) is 30.5 Å². The number of imidazole rings is 1. The molecule has 1 fully saturated rings. The van der Waals surface area contributed by atoms with Gasteiger partial charge >= 0.3 is 0 Å². The van der Waals surface area contributed by atoms with E-state index in [1.54, 1.807) is 11.3 Å². The van der Waals surface area contributed by atoms with Crippen LogP contribution in [-0.2, 0) is 16.1 Å². The number of hydrogen-bond donors (Lipinski definition) is 1. The van der Waals surface area contributed by atoms with Gasteiger partial charge in [-0.2, -0.15) is 0 Å². The molecule has 2 aromatic rings. The molecule has 0 aromatic carbocycles. The van der Waals surface area contributed by atoms with Gasteiger partial charge < -0.3 is 10.1 Å². The van der Waals surface area contributed by atoms with Crippen molar-refractivity contribution in [2.24, 2.45) is 5.92 Å². The van der Waals surface area contributed by atoms with Gasteiger partial charge in [-0.1, -0.05) is 13.8 Å². The van der Waals surface area contributed by atoms with Crippen LogP contribution in [0.2, 0.25) is 0 Å². The third kappa shape index (κ3) is 3.79. The fourth-order valence-electron chi connectivity index (χ4n) is 3.48. The summed E-state index contributed by atoms with van der Waals surface area (Å²) in [5.41, 5.74) is 0.890. The molecule has 1 saturated heterocycles. The van der Waals surface area contributed by atoms with Gasteiger partial charge in [-0.15, -0.1) is 11.3 Å². The fraction of sp³-hybridized carbons (Fsp3) is 0.647. The van der Waals surface area contributed by atoms with E-state index in [0.29, 0.717) is 6.54 Å². The Morgan fingerprint density at radius 1 is 1.42 bits per heavy atom. The Kier molecular flexibility index (Phi) is 5.22. The van der Waals surface area contributed by atoms with E-state index in [4.69, 9.17) is 4.74 Å². The van der Waals surface area contributed by atoms with Crippen molar-refractivity contribution in [3.05, 3.63) is 23.5 Å². The van der Waals surface area contributed by atoms with Crippen LogP contribution in [-0.4, -0.2) is 51.5 Å². The maximum Gasteiger partial charge on any atom is 0.237 e. The molecule has 132 valence electrons. The summed E-state index contributed by atoms with van der Waals surface area (Å²) in [7, 11) is 0. The summed E-state index contributed by atoms with van der Waals surface area (Å²) in [5.74, 6) is 0.315. The topological polar surface area (TPSA) is 58.9 Å². The summed E-state index contributed by atoms with van der Waals surface area (Å²) < 4.78 is 7.78. The van der Waals surface area contributed by atoms with E-state index < -0.39 is 0 Å². The summed E-state index contributed by atoms with van der Waals surface area (Å²) in [4.78, 5) is 20.5. The number of fused-ring (bicyclic) bond motifs is 1. The first kappa shape index (κ1) is 17.4. The molecule has 3 heterocycles. The maximum absolute atomic E-state index is 12.8. The Morgan fingerprint density at radius 2 is 2.12 bits per heavy atom. The number of hydrogen-bond acceptors (Lipinski definition) is 5. The molecular formula is C17H26N4O2S. The van der Waals surface area contributed by atoms with Crippen molar-refractivity contribution in [2.45, 2.75) is 52.5 Å². The first-order valence-corrected chi connectivity index (χ1v) is 9.40. The van der Waals surface area contributed by atoms with E-state index in [1.807, 2.05) is 22.2 Å². The molecule has 2 aromatic heterocycles. The Morgan fingerprint density at radius 3 is 2.75 bits per heavy atom. The SMILES string of the molecule is CC1CN(C(C(=O)NCc2cn3ccsc3n2)C(C)C)CC(C)O1. The molecule has 3 atom stereocenters. The van der Waals surface area contributed by atoms with Crippen molar-refractivity contribution in [2.75, 3.05) is 13.1 Å². The highest BCUT2D eigenvalue weighted by Crippen LogP contribution is 2.19. The van der Waals surface area contributed by atoms with E-state index in [-0.39, 0.29) is 30.1 Å². The van der Waals surface area contributed by atoms with Crippen LogP contribution in [0.25, 0.3) is 4.96 Å². The van der Waals surface area contributed by atoms with Crippen LogP contribution in [0.4, 0.5) is 0 Å². The minimum absolute atomic E-state index is 0.0719. The third-order valence-corrected chi connectivity index (χ3v) is 5.10. The summed E-state index contributed by atoms with van der Waals surface area (Å²) in [6.07, 6.45) is 4.26. The molecular weight excluding hydrogens is 324 g/mol. The number of nitrogens with zero attached hydrogens (tertiary/aromatic N) is 3. The molecule has 3 rings (SSSR count). The quantitative estimate of drug-likeness (QED) is 0.898. The monoisotopic (exact) mass is 350 g/mol. The number of ether oxygens (including phenoxy) is 1. The van der Waals surface area contributed by atoms with E-state index in [0.717, 1.165) is 23.7 Å². The van der Waals surface area contributed by atoms with E-state index in [1.165, 1.54) is 0 Å². The van der Waals surface area contributed by atoms with Crippen LogP contribution in [0, 0.1) is 5.92 Å². The lowest BCUT2D eigenvalue weighted by Crippen LogP contribution is -2.56. The highest BCUT2D eigenvalue weighted by Gasteiger charge is 2.34. The zero-order chi connectivity index (χ0) is 17.3. The molecule has 0 radical (unpaired) electrons. The third-order valence-electron chi connectivity index (χ3n) is 4.33. The van der Waals surface area contributed by atoms with Gasteiger partial charge in [-0.3, -0.25) is 14.1 Å². The first-order valence-electron chi connectivity index (χ1n) is 8.52. The first-order chi connectivity index (χ1) is 11.4. The zero-order valence-corrected chi connectivity index (χ0v) is 15.5. The number of carbonyl (C=O) groups is 1. The van der Waals surface area contributed by atoms with Crippen molar-refractivity contribution in [3.63, 3.8) is 0 Å². The molecule has 0 saturated carbocycles. The number of aromatic nitrogens is 2. The Hall–Kier alpha value is -1.44. The summed E-state index contributed by atoms with van der Waals surface area (Å²) >= 11 is 1.59. The van der Waals surface area contributed by atoms with Crippen LogP contribution >= 0.6 is 11.3 Å². The molecule has 7 heteroatoms. The van der Waals surface area contributed by atoms with E-state index >= 15 is 0 Å². The normalized spacial score (nSPS) is 23.7. The smallest absolute Gasteiger partial charge is 0.237 e. The molecule has 0 spiro atoms. The van der Waals surface area contributed by atoms with Crippen LogP contribution in [0.1, 0.15) is 33.4 Å². The van der Waals surface area contributed by atoms with E-state index in [9.17, 15) is 4.79 Å². The maximum atomic E-state index is 12.8. The zero-order valence-electron chi connectivity index (χ0n) is 14.7. The van der Waals surface area contributed by atoms with Gasteiger partial charge in [-0.05, 0) is 19.8 Å². The summed E-state index contributed by atoms with van der Waals surface area (Å²) in [6, 6.07) is -0.137. The average Bonchev–Trinajstić information content (AvgIpc) is 3.04. The molecule has 24 heavy (non-hydrogen) atoms. The van der Waals surface area contributed by atoms with E-state index in [2.05, 4.69) is 42.9 Å². The van der Waals surface area contributed by atoms with Crippen molar-refractivity contribution in [3.8, 4) is 0 Å². The standard InChI is InChI=1S/C17H26N4O2S/c1-11(2)15(21-8-12(3)23-13(4)9-21)16(22)18-7-14-10-20-5-6-24-17(20)19-14/h5-6,10-13,15H,7-9H2,1-4H3,(H,18,22). The van der Waals surface area contributed by atoms with Crippen LogP contribution in [0.5, 0.6) is 0 Å². The second kappa shape index (κ2) is 7.21.